The highest BCUT2D eigenvalue weighted by Gasteiger charge is 2.23. The summed E-state index contributed by atoms with van der Waals surface area (Å²) in [6, 6.07) is -0.909. The predicted octanol–water partition coefficient (Wildman–Crippen LogP) is 1.49. The lowest BCUT2D eigenvalue weighted by Crippen LogP contribution is -2.41. The number of hydrogen-bond acceptors (Lipinski definition) is 4. The Labute approximate surface area is 112 Å². The molecule has 0 aliphatic rings. The molecule has 0 saturated heterocycles. The molecule has 6 heteroatoms. The molecule has 0 aliphatic heterocycles. The first-order valence-corrected chi connectivity index (χ1v) is 6.09. The fourth-order valence-corrected chi connectivity index (χ4v) is 1.48. The van der Waals surface area contributed by atoms with Gasteiger partial charge in [-0.15, -0.1) is 0 Å². The van der Waals surface area contributed by atoms with Crippen LogP contribution in [0, 0.1) is 5.41 Å². The average molecular weight is 265 g/mol. The summed E-state index contributed by atoms with van der Waals surface area (Å²) >= 11 is 0. The van der Waals surface area contributed by atoms with Crippen LogP contribution < -0.4 is 5.32 Å². The number of nitrogens with one attached hydrogen (secondary N) is 1. The van der Waals surface area contributed by atoms with Gasteiger partial charge in [0.15, 0.2) is 0 Å². The molecule has 1 aromatic heterocycles. The Balaban J connectivity index is 2.64. The Morgan fingerprint density at radius 1 is 1.37 bits per heavy atom. The Bertz CT molecular complexity index is 440. The third-order valence-electron chi connectivity index (χ3n) is 2.58. The average Bonchev–Trinajstić information content (AvgIpc) is 2.33. The molecule has 1 rings (SSSR count). The summed E-state index contributed by atoms with van der Waals surface area (Å²) in [5, 5.41) is 11.6. The normalized spacial score (nSPS) is 12.8. The molecule has 0 radical (unpaired) electrons. The highest BCUT2D eigenvalue weighted by molar-refractivity contribution is 5.94. The van der Waals surface area contributed by atoms with Crippen LogP contribution in [-0.2, 0) is 4.79 Å². The fourth-order valence-electron chi connectivity index (χ4n) is 1.48. The van der Waals surface area contributed by atoms with Crippen molar-refractivity contribution in [2.75, 3.05) is 0 Å². The largest absolute Gasteiger partial charge is 0.480 e. The van der Waals surface area contributed by atoms with Crippen molar-refractivity contribution in [3.05, 3.63) is 24.3 Å². The lowest BCUT2D eigenvalue weighted by atomic mass is 9.88. The van der Waals surface area contributed by atoms with Crippen LogP contribution in [0.25, 0.3) is 0 Å². The van der Waals surface area contributed by atoms with E-state index < -0.39 is 17.9 Å². The summed E-state index contributed by atoms with van der Waals surface area (Å²) in [4.78, 5) is 30.5. The molecular weight excluding hydrogens is 246 g/mol. The predicted molar refractivity (Wildman–Crippen MR) is 69.6 cm³/mol. The van der Waals surface area contributed by atoms with Crippen molar-refractivity contribution in [3.63, 3.8) is 0 Å². The maximum Gasteiger partial charge on any atom is 0.326 e. The minimum Gasteiger partial charge on any atom is -0.480 e. The van der Waals surface area contributed by atoms with E-state index in [1.165, 1.54) is 18.6 Å². The highest BCUT2D eigenvalue weighted by Crippen LogP contribution is 2.21. The number of nitrogens with zero attached hydrogens (tertiary/aromatic N) is 2. The van der Waals surface area contributed by atoms with Gasteiger partial charge < -0.3 is 10.4 Å². The summed E-state index contributed by atoms with van der Waals surface area (Å²) in [5.41, 5.74) is 0.134. The third kappa shape index (κ3) is 5.46. The van der Waals surface area contributed by atoms with Gasteiger partial charge in [-0.05, 0) is 18.3 Å². The van der Waals surface area contributed by atoms with E-state index in [1.807, 2.05) is 20.8 Å². The molecule has 6 nitrogen and oxygen atoms in total. The summed E-state index contributed by atoms with van der Waals surface area (Å²) < 4.78 is 0. The standard InChI is InChI=1S/C13H19N3O3/c1-13(2,3)5-4-9(12(18)19)16-11(17)10-8-14-6-7-15-10/h6-9H,4-5H2,1-3H3,(H,16,17)(H,18,19). The molecule has 0 saturated carbocycles. The van der Waals surface area contributed by atoms with Crippen molar-refractivity contribution in [1.29, 1.82) is 0 Å². The van der Waals surface area contributed by atoms with Crippen LogP contribution in [0.5, 0.6) is 0 Å². The summed E-state index contributed by atoms with van der Waals surface area (Å²) in [6.07, 6.45) is 5.22. The molecule has 0 aliphatic carbocycles. The number of amides is 1. The highest BCUT2D eigenvalue weighted by atomic mass is 16.4. The van der Waals surface area contributed by atoms with Crippen molar-refractivity contribution >= 4 is 11.9 Å². The molecule has 0 aromatic carbocycles. The van der Waals surface area contributed by atoms with E-state index in [-0.39, 0.29) is 11.1 Å². The van der Waals surface area contributed by atoms with Crippen molar-refractivity contribution < 1.29 is 14.7 Å². The minimum absolute atomic E-state index is 0.0188. The van der Waals surface area contributed by atoms with Crippen molar-refractivity contribution in [2.45, 2.75) is 39.7 Å². The summed E-state index contributed by atoms with van der Waals surface area (Å²) in [7, 11) is 0. The SMILES string of the molecule is CC(C)(C)CCC(NC(=O)c1cnccn1)C(=O)O. The zero-order valence-corrected chi connectivity index (χ0v) is 11.4. The Hall–Kier alpha value is -1.98. The van der Waals surface area contributed by atoms with E-state index >= 15 is 0 Å². The van der Waals surface area contributed by atoms with E-state index in [0.717, 1.165) is 0 Å². The Morgan fingerprint density at radius 2 is 2.05 bits per heavy atom. The number of carbonyl (C=O) groups excluding carboxylic acids is 1. The molecule has 1 aromatic rings. The zero-order chi connectivity index (χ0) is 14.5. The molecule has 0 spiro atoms. The molecule has 1 amide bonds. The first-order valence-electron chi connectivity index (χ1n) is 6.09. The van der Waals surface area contributed by atoms with Crippen LogP contribution in [0.15, 0.2) is 18.6 Å². The van der Waals surface area contributed by atoms with E-state index in [0.29, 0.717) is 12.8 Å². The second-order valence-electron chi connectivity index (χ2n) is 5.55. The molecular formula is C13H19N3O3. The van der Waals surface area contributed by atoms with Gasteiger partial charge in [0.1, 0.15) is 11.7 Å². The van der Waals surface area contributed by atoms with Crippen LogP contribution in [-0.4, -0.2) is 33.0 Å². The smallest absolute Gasteiger partial charge is 0.326 e. The van der Waals surface area contributed by atoms with Gasteiger partial charge in [-0.1, -0.05) is 20.8 Å². The fraction of sp³-hybridized carbons (Fsp3) is 0.538. The third-order valence-corrected chi connectivity index (χ3v) is 2.58. The number of carboxylic acid groups (broad SMARTS) is 1. The van der Waals surface area contributed by atoms with E-state index in [1.54, 1.807) is 0 Å². The van der Waals surface area contributed by atoms with E-state index in [4.69, 9.17) is 5.11 Å². The molecule has 104 valence electrons. The molecule has 1 heterocycles. The van der Waals surface area contributed by atoms with E-state index in [9.17, 15) is 9.59 Å². The van der Waals surface area contributed by atoms with Crippen molar-refractivity contribution in [2.24, 2.45) is 5.41 Å². The van der Waals surface area contributed by atoms with Gasteiger partial charge in [0.2, 0.25) is 0 Å². The molecule has 1 unspecified atom stereocenters. The van der Waals surface area contributed by atoms with Crippen LogP contribution in [0.1, 0.15) is 44.1 Å². The van der Waals surface area contributed by atoms with Gasteiger partial charge in [0.05, 0.1) is 6.20 Å². The maximum atomic E-state index is 11.8. The number of aromatic nitrogens is 2. The maximum absolute atomic E-state index is 11.8. The Kier molecular flexibility index (Phi) is 4.97. The molecule has 0 fully saturated rings. The second kappa shape index (κ2) is 6.26. The number of carbonyl (C=O) groups is 2. The van der Waals surface area contributed by atoms with Crippen LogP contribution >= 0.6 is 0 Å². The second-order valence-corrected chi connectivity index (χ2v) is 5.55. The monoisotopic (exact) mass is 265 g/mol. The van der Waals surface area contributed by atoms with Crippen LogP contribution in [0.4, 0.5) is 0 Å². The minimum atomic E-state index is -1.04. The first-order chi connectivity index (χ1) is 8.79. The van der Waals surface area contributed by atoms with Gasteiger partial charge in [-0.2, -0.15) is 0 Å². The quantitative estimate of drug-likeness (QED) is 0.841. The first kappa shape index (κ1) is 15.1. The molecule has 2 N–H and O–H groups in total. The van der Waals surface area contributed by atoms with Crippen LogP contribution in [0.3, 0.4) is 0 Å². The van der Waals surface area contributed by atoms with Crippen molar-refractivity contribution in [3.8, 4) is 0 Å². The summed E-state index contributed by atoms with van der Waals surface area (Å²) in [6.45, 7) is 6.07. The molecule has 1 atom stereocenters. The number of rotatable bonds is 5. The van der Waals surface area contributed by atoms with Gasteiger partial charge in [0.25, 0.3) is 5.91 Å². The lowest BCUT2D eigenvalue weighted by molar-refractivity contribution is -0.139. The topological polar surface area (TPSA) is 92.2 Å². The number of carboxylic acids is 1. The molecule has 0 bridgehead atoms. The van der Waals surface area contributed by atoms with E-state index in [2.05, 4.69) is 15.3 Å². The zero-order valence-electron chi connectivity index (χ0n) is 11.4. The molecule has 19 heavy (non-hydrogen) atoms. The number of aliphatic carboxylic acids is 1. The Morgan fingerprint density at radius 3 is 2.53 bits per heavy atom. The van der Waals surface area contributed by atoms with Gasteiger partial charge >= 0.3 is 5.97 Å². The van der Waals surface area contributed by atoms with Gasteiger partial charge in [-0.25, -0.2) is 9.78 Å². The summed E-state index contributed by atoms with van der Waals surface area (Å²) in [5.74, 6) is -1.56. The van der Waals surface area contributed by atoms with Crippen LogP contribution in [0.2, 0.25) is 0 Å². The lowest BCUT2D eigenvalue weighted by Gasteiger charge is -2.21. The van der Waals surface area contributed by atoms with Crippen molar-refractivity contribution in [1.82, 2.24) is 15.3 Å². The number of hydrogen-bond donors (Lipinski definition) is 2. The van der Waals surface area contributed by atoms with Gasteiger partial charge in [0, 0.05) is 12.4 Å². The van der Waals surface area contributed by atoms with Gasteiger partial charge in [-0.3, -0.25) is 9.78 Å².